The molecular weight excluding hydrogens is 264 g/mol. The quantitative estimate of drug-likeness (QED) is 0.818. The Balaban J connectivity index is 2.88. The molecule has 114 valence electrons. The number of amides is 2. The number of para-hydroxylation sites is 1. The lowest BCUT2D eigenvalue weighted by atomic mass is 9.98. The molecule has 0 atom stereocenters. The first-order valence-electron chi connectivity index (χ1n) is 7.12. The second-order valence-electron chi connectivity index (χ2n) is 5.43. The summed E-state index contributed by atoms with van der Waals surface area (Å²) in [5, 5.41) is 2.94. The van der Waals surface area contributed by atoms with Crippen LogP contribution in [0.3, 0.4) is 0 Å². The molecule has 1 aromatic rings. The van der Waals surface area contributed by atoms with Crippen molar-refractivity contribution in [2.24, 2.45) is 0 Å². The van der Waals surface area contributed by atoms with Crippen LogP contribution >= 0.6 is 0 Å². The highest BCUT2D eigenvalue weighted by atomic mass is 16.2. The Morgan fingerprint density at radius 3 is 2.57 bits per heavy atom. The van der Waals surface area contributed by atoms with Crippen LogP contribution in [0.2, 0.25) is 0 Å². The minimum Gasteiger partial charge on any atom is -0.330 e. The third-order valence-electron chi connectivity index (χ3n) is 3.32. The maximum absolute atomic E-state index is 12.2. The first-order valence-corrected chi connectivity index (χ1v) is 7.12. The molecule has 0 fully saturated rings. The maximum Gasteiger partial charge on any atom is 0.244 e. The van der Waals surface area contributed by atoms with E-state index in [0.717, 1.165) is 16.8 Å². The lowest BCUT2D eigenvalue weighted by molar-refractivity contribution is -0.132. The van der Waals surface area contributed by atoms with E-state index in [1.54, 1.807) is 6.08 Å². The van der Waals surface area contributed by atoms with Gasteiger partial charge in [0, 0.05) is 19.2 Å². The van der Waals surface area contributed by atoms with E-state index in [1.165, 1.54) is 11.8 Å². The summed E-state index contributed by atoms with van der Waals surface area (Å²) in [6, 6.07) is 5.97. The summed E-state index contributed by atoms with van der Waals surface area (Å²) in [5.74, 6) is -0.0144. The Morgan fingerprint density at radius 2 is 2.05 bits per heavy atom. The van der Waals surface area contributed by atoms with Crippen molar-refractivity contribution in [3.63, 3.8) is 0 Å². The second kappa shape index (κ2) is 7.62. The summed E-state index contributed by atoms with van der Waals surface area (Å²) < 4.78 is 0. The molecule has 1 rings (SSSR count). The maximum atomic E-state index is 12.2. The van der Waals surface area contributed by atoms with Crippen LogP contribution in [0, 0.1) is 6.92 Å². The van der Waals surface area contributed by atoms with Crippen molar-refractivity contribution in [1.29, 1.82) is 0 Å². The Kier molecular flexibility index (Phi) is 6.15. The smallest absolute Gasteiger partial charge is 0.244 e. The highest BCUT2D eigenvalue weighted by Gasteiger charge is 2.15. The number of benzene rings is 1. The van der Waals surface area contributed by atoms with Crippen LogP contribution in [0.4, 0.5) is 5.69 Å². The zero-order chi connectivity index (χ0) is 16.0. The van der Waals surface area contributed by atoms with E-state index in [-0.39, 0.29) is 18.4 Å². The molecule has 0 saturated heterocycles. The molecule has 4 heteroatoms. The van der Waals surface area contributed by atoms with Gasteiger partial charge in [-0.1, -0.05) is 38.1 Å². The van der Waals surface area contributed by atoms with Crippen molar-refractivity contribution in [2.45, 2.75) is 33.6 Å². The highest BCUT2D eigenvalue weighted by molar-refractivity contribution is 5.95. The molecule has 0 saturated carbocycles. The van der Waals surface area contributed by atoms with Gasteiger partial charge in [0.2, 0.25) is 11.8 Å². The van der Waals surface area contributed by atoms with Gasteiger partial charge in [0.15, 0.2) is 0 Å². The van der Waals surface area contributed by atoms with E-state index in [9.17, 15) is 9.59 Å². The molecular formula is C17H24N2O2. The minimum absolute atomic E-state index is 0.0349. The number of carbonyl (C=O) groups is 2. The molecule has 0 aliphatic carbocycles. The Bertz CT molecular complexity index is 536. The van der Waals surface area contributed by atoms with Crippen molar-refractivity contribution in [3.8, 4) is 0 Å². The monoisotopic (exact) mass is 288 g/mol. The standard InChI is InChI=1S/C17H24N2O2/c1-6-10-19(14(5)20)11-16(21)18-17-13(4)8-7-9-15(17)12(2)3/h6-9,12H,1,10-11H2,2-5H3,(H,18,21). The zero-order valence-electron chi connectivity index (χ0n) is 13.3. The molecule has 0 aliphatic rings. The van der Waals surface area contributed by atoms with Gasteiger partial charge in [-0.2, -0.15) is 0 Å². The number of hydrogen-bond acceptors (Lipinski definition) is 2. The normalized spacial score (nSPS) is 10.3. The summed E-state index contributed by atoms with van der Waals surface area (Å²) in [6.07, 6.45) is 1.61. The third kappa shape index (κ3) is 4.74. The summed E-state index contributed by atoms with van der Waals surface area (Å²) in [7, 11) is 0. The summed E-state index contributed by atoms with van der Waals surface area (Å²) in [4.78, 5) is 25.1. The predicted octanol–water partition coefficient (Wildman–Crippen LogP) is 3.09. The number of anilines is 1. The molecule has 0 aromatic heterocycles. The number of rotatable bonds is 6. The molecule has 0 radical (unpaired) electrons. The van der Waals surface area contributed by atoms with E-state index in [4.69, 9.17) is 0 Å². The van der Waals surface area contributed by atoms with Crippen LogP contribution in [-0.4, -0.2) is 29.8 Å². The van der Waals surface area contributed by atoms with Gasteiger partial charge in [0.25, 0.3) is 0 Å². The number of carbonyl (C=O) groups excluding carboxylic acids is 2. The summed E-state index contributed by atoms with van der Waals surface area (Å²) in [6.45, 7) is 11.6. The lowest BCUT2D eigenvalue weighted by Crippen LogP contribution is -2.36. The Morgan fingerprint density at radius 1 is 1.38 bits per heavy atom. The average molecular weight is 288 g/mol. The van der Waals surface area contributed by atoms with Gasteiger partial charge in [0.05, 0.1) is 0 Å². The minimum atomic E-state index is -0.191. The molecule has 0 spiro atoms. The zero-order valence-corrected chi connectivity index (χ0v) is 13.3. The molecule has 0 bridgehead atoms. The van der Waals surface area contributed by atoms with Gasteiger partial charge in [-0.05, 0) is 24.0 Å². The highest BCUT2D eigenvalue weighted by Crippen LogP contribution is 2.27. The first kappa shape index (κ1) is 17.0. The average Bonchev–Trinajstić information content (AvgIpc) is 2.40. The van der Waals surface area contributed by atoms with Crippen molar-refractivity contribution >= 4 is 17.5 Å². The van der Waals surface area contributed by atoms with Gasteiger partial charge in [-0.3, -0.25) is 9.59 Å². The second-order valence-corrected chi connectivity index (χ2v) is 5.43. The van der Waals surface area contributed by atoms with E-state index < -0.39 is 0 Å². The van der Waals surface area contributed by atoms with Gasteiger partial charge < -0.3 is 10.2 Å². The summed E-state index contributed by atoms with van der Waals surface area (Å²) >= 11 is 0. The van der Waals surface area contributed by atoms with Crippen LogP contribution in [0.25, 0.3) is 0 Å². The fourth-order valence-corrected chi connectivity index (χ4v) is 2.15. The molecule has 0 heterocycles. The largest absolute Gasteiger partial charge is 0.330 e. The molecule has 4 nitrogen and oxygen atoms in total. The predicted molar refractivity (Wildman–Crippen MR) is 86.3 cm³/mol. The number of aryl methyl sites for hydroxylation is 1. The molecule has 1 aromatic carbocycles. The van der Waals surface area contributed by atoms with Gasteiger partial charge >= 0.3 is 0 Å². The van der Waals surface area contributed by atoms with Crippen LogP contribution in [0.1, 0.15) is 37.8 Å². The van der Waals surface area contributed by atoms with E-state index >= 15 is 0 Å². The topological polar surface area (TPSA) is 49.4 Å². The lowest BCUT2D eigenvalue weighted by Gasteiger charge is -2.21. The summed E-state index contributed by atoms with van der Waals surface area (Å²) in [5.41, 5.74) is 2.97. The van der Waals surface area contributed by atoms with Gasteiger partial charge in [-0.25, -0.2) is 0 Å². The van der Waals surface area contributed by atoms with Crippen molar-refractivity contribution < 1.29 is 9.59 Å². The fraction of sp³-hybridized carbons (Fsp3) is 0.412. The van der Waals surface area contributed by atoms with Crippen LogP contribution in [-0.2, 0) is 9.59 Å². The molecule has 1 N–H and O–H groups in total. The Labute approximate surface area is 126 Å². The van der Waals surface area contributed by atoms with Crippen molar-refractivity contribution in [2.75, 3.05) is 18.4 Å². The van der Waals surface area contributed by atoms with Crippen LogP contribution in [0.15, 0.2) is 30.9 Å². The van der Waals surface area contributed by atoms with E-state index in [0.29, 0.717) is 12.5 Å². The number of nitrogens with zero attached hydrogens (tertiary/aromatic N) is 1. The van der Waals surface area contributed by atoms with E-state index in [1.807, 2.05) is 25.1 Å². The van der Waals surface area contributed by atoms with Crippen LogP contribution in [0.5, 0.6) is 0 Å². The SMILES string of the molecule is C=CCN(CC(=O)Nc1c(C)cccc1C(C)C)C(C)=O. The van der Waals surface area contributed by atoms with Gasteiger partial charge in [-0.15, -0.1) is 6.58 Å². The third-order valence-corrected chi connectivity index (χ3v) is 3.32. The molecule has 0 unspecified atom stereocenters. The first-order chi connectivity index (χ1) is 9.86. The molecule has 2 amide bonds. The van der Waals surface area contributed by atoms with Crippen molar-refractivity contribution in [1.82, 2.24) is 4.90 Å². The van der Waals surface area contributed by atoms with E-state index in [2.05, 4.69) is 25.7 Å². The number of hydrogen-bond donors (Lipinski definition) is 1. The van der Waals surface area contributed by atoms with Crippen LogP contribution < -0.4 is 5.32 Å². The fourth-order valence-electron chi connectivity index (χ4n) is 2.15. The molecule has 0 aliphatic heterocycles. The van der Waals surface area contributed by atoms with Gasteiger partial charge in [0.1, 0.15) is 6.54 Å². The van der Waals surface area contributed by atoms with Crippen molar-refractivity contribution in [3.05, 3.63) is 42.0 Å². The number of nitrogens with one attached hydrogen (secondary N) is 1. The molecule has 21 heavy (non-hydrogen) atoms. The Hall–Kier alpha value is -2.10.